The molecule has 0 heterocycles. The van der Waals surface area contributed by atoms with Crippen molar-refractivity contribution in [3.05, 3.63) is 47.5 Å². The maximum absolute atomic E-state index is 3.85. The highest BCUT2D eigenvalue weighted by molar-refractivity contribution is 5.33. The Bertz CT molecular complexity index is 341. The second-order valence-electron chi connectivity index (χ2n) is 4.39. The van der Waals surface area contributed by atoms with E-state index in [1.165, 1.54) is 23.1 Å². The van der Waals surface area contributed by atoms with Gasteiger partial charge in [-0.05, 0) is 44.4 Å². The minimum Gasteiger partial charge on any atom is -0.310 e. The number of benzene rings is 1. The van der Waals surface area contributed by atoms with Gasteiger partial charge in [-0.25, -0.2) is 0 Å². The summed E-state index contributed by atoms with van der Waals surface area (Å²) in [5.74, 6) is 0. The molecule has 16 heavy (non-hydrogen) atoms. The largest absolute Gasteiger partial charge is 0.310 e. The molecule has 1 aromatic carbocycles. The molecule has 0 saturated carbocycles. The molecule has 0 saturated heterocycles. The summed E-state index contributed by atoms with van der Waals surface area (Å²) in [6.45, 7) is 11.4. The standard InChI is InChI=1S/C15H23N/c1-5-7-15(16-10-6-2)14-11-12(3)8-9-13(14)4/h5,8-9,11,15-16H,1,6-7,10H2,2-4H3. The Balaban J connectivity index is 2.90. The van der Waals surface area contributed by atoms with Crippen LogP contribution in [-0.4, -0.2) is 6.54 Å². The van der Waals surface area contributed by atoms with Crippen molar-refractivity contribution >= 4 is 0 Å². The molecule has 0 spiro atoms. The lowest BCUT2D eigenvalue weighted by Gasteiger charge is -2.20. The zero-order chi connectivity index (χ0) is 12.0. The van der Waals surface area contributed by atoms with E-state index < -0.39 is 0 Å². The molecule has 1 unspecified atom stereocenters. The molecular weight excluding hydrogens is 194 g/mol. The first-order chi connectivity index (χ1) is 7.69. The van der Waals surface area contributed by atoms with Gasteiger partial charge in [0.2, 0.25) is 0 Å². The van der Waals surface area contributed by atoms with Crippen LogP contribution in [0.2, 0.25) is 0 Å². The van der Waals surface area contributed by atoms with Crippen LogP contribution < -0.4 is 5.32 Å². The molecule has 1 nitrogen and oxygen atoms in total. The predicted octanol–water partition coefficient (Wildman–Crippen LogP) is 3.92. The topological polar surface area (TPSA) is 12.0 Å². The molecule has 1 N–H and O–H groups in total. The Kier molecular flexibility index (Phi) is 5.27. The van der Waals surface area contributed by atoms with E-state index in [9.17, 15) is 0 Å². The van der Waals surface area contributed by atoms with E-state index in [0.29, 0.717) is 6.04 Å². The lowest BCUT2D eigenvalue weighted by molar-refractivity contribution is 0.535. The van der Waals surface area contributed by atoms with Gasteiger partial charge in [0.05, 0.1) is 0 Å². The molecule has 1 rings (SSSR count). The number of hydrogen-bond donors (Lipinski definition) is 1. The molecule has 0 aliphatic rings. The fourth-order valence-corrected chi connectivity index (χ4v) is 1.94. The van der Waals surface area contributed by atoms with E-state index in [0.717, 1.165) is 13.0 Å². The third kappa shape index (κ3) is 3.49. The van der Waals surface area contributed by atoms with Crippen LogP contribution in [0.15, 0.2) is 30.9 Å². The third-order valence-corrected chi connectivity index (χ3v) is 2.85. The summed E-state index contributed by atoms with van der Waals surface area (Å²) in [5.41, 5.74) is 4.10. The molecule has 0 aliphatic carbocycles. The minimum absolute atomic E-state index is 0.414. The smallest absolute Gasteiger partial charge is 0.0357 e. The van der Waals surface area contributed by atoms with E-state index in [-0.39, 0.29) is 0 Å². The SMILES string of the molecule is C=CCC(NCCC)c1cc(C)ccc1C. The average Bonchev–Trinajstić information content (AvgIpc) is 2.28. The van der Waals surface area contributed by atoms with Gasteiger partial charge in [0, 0.05) is 6.04 Å². The minimum atomic E-state index is 0.414. The average molecular weight is 217 g/mol. The van der Waals surface area contributed by atoms with Gasteiger partial charge in [0.25, 0.3) is 0 Å². The quantitative estimate of drug-likeness (QED) is 0.712. The van der Waals surface area contributed by atoms with Crippen molar-refractivity contribution in [2.45, 2.75) is 39.7 Å². The highest BCUT2D eigenvalue weighted by Gasteiger charge is 2.11. The maximum atomic E-state index is 3.85. The number of rotatable bonds is 6. The van der Waals surface area contributed by atoms with E-state index in [2.05, 4.69) is 50.9 Å². The fourth-order valence-electron chi connectivity index (χ4n) is 1.94. The molecule has 1 heteroatoms. The van der Waals surface area contributed by atoms with E-state index >= 15 is 0 Å². The van der Waals surface area contributed by atoms with Crippen molar-refractivity contribution in [2.24, 2.45) is 0 Å². The second-order valence-corrected chi connectivity index (χ2v) is 4.39. The van der Waals surface area contributed by atoms with Crippen molar-refractivity contribution in [2.75, 3.05) is 6.54 Å². The third-order valence-electron chi connectivity index (χ3n) is 2.85. The molecular formula is C15H23N. The Hall–Kier alpha value is -1.08. The molecule has 1 atom stereocenters. The molecule has 0 aromatic heterocycles. The molecule has 0 bridgehead atoms. The van der Waals surface area contributed by atoms with Crippen LogP contribution in [0.3, 0.4) is 0 Å². The van der Waals surface area contributed by atoms with Crippen molar-refractivity contribution < 1.29 is 0 Å². The Labute approximate surface area is 99.6 Å². The fraction of sp³-hybridized carbons (Fsp3) is 0.467. The van der Waals surface area contributed by atoms with Crippen molar-refractivity contribution in [3.63, 3.8) is 0 Å². The van der Waals surface area contributed by atoms with Crippen LogP contribution in [0.5, 0.6) is 0 Å². The predicted molar refractivity (Wildman–Crippen MR) is 71.8 cm³/mol. The van der Waals surface area contributed by atoms with Crippen LogP contribution in [-0.2, 0) is 0 Å². The summed E-state index contributed by atoms with van der Waals surface area (Å²) in [7, 11) is 0. The summed E-state index contributed by atoms with van der Waals surface area (Å²) in [4.78, 5) is 0. The van der Waals surface area contributed by atoms with Crippen LogP contribution in [0, 0.1) is 13.8 Å². The van der Waals surface area contributed by atoms with Gasteiger partial charge in [0.1, 0.15) is 0 Å². The molecule has 0 fully saturated rings. The summed E-state index contributed by atoms with van der Waals surface area (Å²) >= 11 is 0. The first kappa shape index (κ1) is 13.0. The monoisotopic (exact) mass is 217 g/mol. The summed E-state index contributed by atoms with van der Waals surface area (Å²) in [6, 6.07) is 7.07. The van der Waals surface area contributed by atoms with Crippen LogP contribution in [0.25, 0.3) is 0 Å². The maximum Gasteiger partial charge on any atom is 0.0357 e. The Morgan fingerprint density at radius 3 is 2.75 bits per heavy atom. The Morgan fingerprint density at radius 1 is 1.38 bits per heavy atom. The first-order valence-corrected chi connectivity index (χ1v) is 6.10. The summed E-state index contributed by atoms with van der Waals surface area (Å²) in [6.07, 6.45) is 4.15. The van der Waals surface area contributed by atoms with E-state index in [1.807, 2.05) is 6.08 Å². The zero-order valence-electron chi connectivity index (χ0n) is 10.7. The van der Waals surface area contributed by atoms with Crippen LogP contribution in [0.1, 0.15) is 42.5 Å². The van der Waals surface area contributed by atoms with Crippen LogP contribution >= 0.6 is 0 Å². The van der Waals surface area contributed by atoms with Gasteiger partial charge in [-0.2, -0.15) is 0 Å². The molecule has 0 radical (unpaired) electrons. The van der Waals surface area contributed by atoms with Crippen molar-refractivity contribution in [1.82, 2.24) is 5.32 Å². The zero-order valence-corrected chi connectivity index (χ0v) is 10.7. The van der Waals surface area contributed by atoms with Crippen LogP contribution in [0.4, 0.5) is 0 Å². The van der Waals surface area contributed by atoms with Crippen molar-refractivity contribution in [3.8, 4) is 0 Å². The van der Waals surface area contributed by atoms with Gasteiger partial charge in [-0.3, -0.25) is 0 Å². The number of hydrogen-bond acceptors (Lipinski definition) is 1. The van der Waals surface area contributed by atoms with Gasteiger partial charge in [0.15, 0.2) is 0 Å². The number of nitrogens with one attached hydrogen (secondary N) is 1. The highest BCUT2D eigenvalue weighted by Crippen LogP contribution is 2.22. The van der Waals surface area contributed by atoms with Gasteiger partial charge in [-0.15, -0.1) is 6.58 Å². The van der Waals surface area contributed by atoms with Gasteiger partial charge < -0.3 is 5.32 Å². The molecule has 1 aromatic rings. The Morgan fingerprint density at radius 2 is 2.12 bits per heavy atom. The van der Waals surface area contributed by atoms with Gasteiger partial charge in [-0.1, -0.05) is 36.8 Å². The number of aryl methyl sites for hydroxylation is 2. The second kappa shape index (κ2) is 6.49. The van der Waals surface area contributed by atoms with Crippen molar-refractivity contribution in [1.29, 1.82) is 0 Å². The van der Waals surface area contributed by atoms with E-state index in [4.69, 9.17) is 0 Å². The highest BCUT2D eigenvalue weighted by atomic mass is 14.9. The lowest BCUT2D eigenvalue weighted by Crippen LogP contribution is -2.22. The summed E-state index contributed by atoms with van der Waals surface area (Å²) in [5, 5.41) is 3.58. The lowest BCUT2D eigenvalue weighted by atomic mass is 9.96. The van der Waals surface area contributed by atoms with Gasteiger partial charge >= 0.3 is 0 Å². The summed E-state index contributed by atoms with van der Waals surface area (Å²) < 4.78 is 0. The first-order valence-electron chi connectivity index (χ1n) is 6.10. The van der Waals surface area contributed by atoms with E-state index in [1.54, 1.807) is 0 Å². The molecule has 0 amide bonds. The molecule has 0 aliphatic heterocycles. The normalized spacial score (nSPS) is 12.4. The molecule has 88 valence electrons.